The molecule has 0 amide bonds. The van der Waals surface area contributed by atoms with Crippen LogP contribution in [0.5, 0.6) is 0 Å². The van der Waals surface area contributed by atoms with E-state index in [0.717, 1.165) is 0 Å². The van der Waals surface area contributed by atoms with Crippen LogP contribution in [0.25, 0.3) is 0 Å². The first kappa shape index (κ1) is 16.7. The zero-order valence-corrected chi connectivity index (χ0v) is 9.18. The first-order valence-electron chi connectivity index (χ1n) is 4.96. The minimum atomic E-state index is -1.87. The van der Waals surface area contributed by atoms with E-state index >= 15 is 0 Å². The van der Waals surface area contributed by atoms with Crippen molar-refractivity contribution in [1.29, 1.82) is 0 Å². The molecule has 0 radical (unpaired) electrons. The van der Waals surface area contributed by atoms with Crippen LogP contribution in [0.2, 0.25) is 0 Å². The third-order valence-corrected chi connectivity index (χ3v) is 2.77. The van der Waals surface area contributed by atoms with E-state index in [9.17, 15) is 19.8 Å². The van der Waals surface area contributed by atoms with E-state index in [0.29, 0.717) is 5.56 Å². The number of rotatable bonds is 4. The van der Waals surface area contributed by atoms with E-state index < -0.39 is 23.3 Å². The molecule has 90 valence electrons. The van der Waals surface area contributed by atoms with Gasteiger partial charge in [0.1, 0.15) is 0 Å². The van der Waals surface area contributed by atoms with Crippen LogP contribution < -0.4 is 0 Å². The maximum absolute atomic E-state index is 11.3. The van der Waals surface area contributed by atoms with Crippen LogP contribution in [0.1, 0.15) is 19.4 Å². The van der Waals surface area contributed by atoms with Crippen LogP contribution in [0.4, 0.5) is 0 Å². The molecule has 4 nitrogen and oxygen atoms in total. The summed E-state index contributed by atoms with van der Waals surface area (Å²) < 4.78 is 0. The number of benzene rings is 1. The van der Waals surface area contributed by atoms with Gasteiger partial charge < -0.3 is 10.2 Å². The van der Waals surface area contributed by atoms with Crippen molar-refractivity contribution in [3.05, 3.63) is 35.9 Å². The van der Waals surface area contributed by atoms with E-state index in [1.807, 2.05) is 0 Å². The number of carbonyl (C=O) groups is 2. The van der Waals surface area contributed by atoms with Crippen molar-refractivity contribution in [3.8, 4) is 0 Å². The summed E-state index contributed by atoms with van der Waals surface area (Å²) in [7, 11) is 0. The molecule has 0 atom stereocenters. The summed E-state index contributed by atoms with van der Waals surface area (Å²) in [5, 5.41) is 18.5. The minimum absolute atomic E-state index is 0. The number of carboxylic acids is 2. The van der Waals surface area contributed by atoms with Crippen molar-refractivity contribution in [2.45, 2.75) is 19.3 Å². The molecule has 2 N–H and O–H groups in total. The van der Waals surface area contributed by atoms with E-state index in [2.05, 4.69) is 0 Å². The Morgan fingerprint density at radius 3 is 1.76 bits per heavy atom. The van der Waals surface area contributed by atoms with Crippen molar-refractivity contribution in [3.63, 3.8) is 0 Å². The van der Waals surface area contributed by atoms with Gasteiger partial charge in [0.15, 0.2) is 5.41 Å². The van der Waals surface area contributed by atoms with E-state index in [-0.39, 0.29) is 48.9 Å². The van der Waals surface area contributed by atoms with Gasteiger partial charge in [-0.15, -0.1) is 0 Å². The Balaban J connectivity index is 0.00000256. The second-order valence-electron chi connectivity index (χ2n) is 3.94. The molecule has 0 aliphatic rings. The average molecular weight is 362 g/mol. The predicted octanol–water partition coefficient (Wildman–Crippen LogP) is 0.833. The Labute approximate surface area is 140 Å². The molecule has 0 fully saturated rings. The molecule has 0 aromatic heterocycles. The van der Waals surface area contributed by atoms with Crippen LogP contribution in [0, 0.1) is 5.92 Å². The monoisotopic (exact) mass is 362 g/mol. The first-order chi connectivity index (χ1) is 7.44. The fourth-order valence-electron chi connectivity index (χ4n) is 1.87. The van der Waals surface area contributed by atoms with Crippen molar-refractivity contribution < 1.29 is 19.8 Å². The molecule has 0 spiro atoms. The Bertz CT molecular complexity index is 386. The number of carboxylic acid groups (broad SMARTS) is 2. The van der Waals surface area contributed by atoms with Crippen molar-refractivity contribution in [1.82, 2.24) is 0 Å². The van der Waals surface area contributed by atoms with Gasteiger partial charge in [-0.05, 0) is 11.5 Å². The fraction of sp³-hybridized carbons (Fsp3) is 0.333. The van der Waals surface area contributed by atoms with Gasteiger partial charge in [-0.25, -0.2) is 0 Å². The number of hydrogen-bond acceptors (Lipinski definition) is 2. The van der Waals surface area contributed by atoms with Crippen LogP contribution in [-0.4, -0.2) is 71.0 Å². The van der Waals surface area contributed by atoms with Crippen molar-refractivity contribution in [2.75, 3.05) is 0 Å². The predicted molar refractivity (Wildman–Crippen MR) is 66.8 cm³/mol. The topological polar surface area (TPSA) is 74.6 Å². The zero-order valence-electron chi connectivity index (χ0n) is 9.18. The van der Waals surface area contributed by atoms with E-state index in [4.69, 9.17) is 0 Å². The SMILES string of the molecule is CC(C)C(C(=O)O)(C(=O)O)c1ccccc1.[BaH2]. The Morgan fingerprint density at radius 1 is 1.06 bits per heavy atom. The standard InChI is InChI=1S/C12H14O4.Ba.2H/c1-8(2)12(10(13)14,11(15)16)9-6-4-3-5-7-9;;;/h3-8H,1-2H3,(H,13,14)(H,15,16);;;. The Morgan fingerprint density at radius 2 is 1.47 bits per heavy atom. The summed E-state index contributed by atoms with van der Waals surface area (Å²) in [5.41, 5.74) is -1.58. The quantitative estimate of drug-likeness (QED) is 0.615. The molecule has 0 aliphatic carbocycles. The molecular formula is C12H16BaO4. The normalized spacial score (nSPS) is 10.8. The van der Waals surface area contributed by atoms with Gasteiger partial charge in [0, 0.05) is 0 Å². The number of aliphatic carboxylic acids is 2. The van der Waals surface area contributed by atoms with E-state index in [1.54, 1.807) is 32.0 Å². The van der Waals surface area contributed by atoms with Crippen molar-refractivity contribution >= 4 is 60.8 Å². The van der Waals surface area contributed by atoms with Gasteiger partial charge in [-0.2, -0.15) is 0 Å². The summed E-state index contributed by atoms with van der Waals surface area (Å²) in [6.07, 6.45) is 0. The fourth-order valence-corrected chi connectivity index (χ4v) is 1.87. The van der Waals surface area contributed by atoms with E-state index in [1.165, 1.54) is 12.1 Å². The molecule has 0 saturated heterocycles. The zero-order chi connectivity index (χ0) is 12.3. The summed E-state index contributed by atoms with van der Waals surface area (Å²) in [4.78, 5) is 22.6. The van der Waals surface area contributed by atoms with Crippen molar-refractivity contribution in [2.24, 2.45) is 5.92 Å². The maximum atomic E-state index is 11.3. The second kappa shape index (κ2) is 6.61. The van der Waals surface area contributed by atoms with Gasteiger partial charge in [-0.1, -0.05) is 44.2 Å². The molecule has 0 bridgehead atoms. The molecule has 17 heavy (non-hydrogen) atoms. The molecule has 0 aliphatic heterocycles. The van der Waals surface area contributed by atoms with Crippen LogP contribution in [0.15, 0.2) is 30.3 Å². The first-order valence-corrected chi connectivity index (χ1v) is 4.96. The molecular weight excluding hydrogens is 345 g/mol. The van der Waals surface area contributed by atoms with Gasteiger partial charge in [0.05, 0.1) is 0 Å². The third kappa shape index (κ3) is 2.95. The molecule has 1 aromatic rings. The molecule has 0 saturated carbocycles. The number of hydrogen-bond donors (Lipinski definition) is 2. The summed E-state index contributed by atoms with van der Waals surface area (Å²) in [5.74, 6) is -3.20. The van der Waals surface area contributed by atoms with Gasteiger partial charge >= 0.3 is 60.8 Å². The van der Waals surface area contributed by atoms with Gasteiger partial charge in [-0.3, -0.25) is 9.59 Å². The average Bonchev–Trinajstić information content (AvgIpc) is 2.18. The molecule has 0 unspecified atom stereocenters. The van der Waals surface area contributed by atoms with Crippen LogP contribution >= 0.6 is 0 Å². The van der Waals surface area contributed by atoms with Crippen LogP contribution in [0.3, 0.4) is 0 Å². The second-order valence-corrected chi connectivity index (χ2v) is 3.94. The van der Waals surface area contributed by atoms with Crippen LogP contribution in [-0.2, 0) is 15.0 Å². The molecule has 5 heteroatoms. The molecule has 1 rings (SSSR count). The summed E-state index contributed by atoms with van der Waals surface area (Å²) in [6, 6.07) is 8.06. The Hall–Kier alpha value is -0.269. The molecule has 0 heterocycles. The summed E-state index contributed by atoms with van der Waals surface area (Å²) >= 11 is 0. The van der Waals surface area contributed by atoms with Gasteiger partial charge in [0.25, 0.3) is 0 Å². The molecule has 1 aromatic carbocycles. The Kier molecular flexibility index (Phi) is 6.50. The third-order valence-electron chi connectivity index (χ3n) is 2.77. The van der Waals surface area contributed by atoms with Gasteiger partial charge in [0.2, 0.25) is 0 Å². The summed E-state index contributed by atoms with van der Waals surface area (Å²) in [6.45, 7) is 3.18.